The van der Waals surface area contributed by atoms with Gasteiger partial charge in [-0.1, -0.05) is 11.6 Å². The predicted octanol–water partition coefficient (Wildman–Crippen LogP) is 1.80. The van der Waals surface area contributed by atoms with Crippen molar-refractivity contribution in [3.05, 3.63) is 29.3 Å². The quantitative estimate of drug-likeness (QED) is 0.855. The topological polar surface area (TPSA) is 49.9 Å². The molecular weight excluding hydrogens is 292 g/mol. The lowest BCUT2D eigenvalue weighted by molar-refractivity contribution is -0.142. The summed E-state index contributed by atoms with van der Waals surface area (Å²) in [5.41, 5.74) is 0. The van der Waals surface area contributed by atoms with Crippen LogP contribution in [-0.2, 0) is 9.59 Å². The number of carbonyl (C=O) groups is 2. The van der Waals surface area contributed by atoms with Crippen LogP contribution < -0.4 is 4.74 Å². The van der Waals surface area contributed by atoms with Crippen molar-refractivity contribution in [2.75, 3.05) is 26.7 Å². The van der Waals surface area contributed by atoms with Gasteiger partial charge >= 0.3 is 0 Å². The Balaban J connectivity index is 1.98. The third-order valence-corrected chi connectivity index (χ3v) is 3.71. The molecule has 1 aromatic carbocycles. The largest absolute Gasteiger partial charge is 0.481 e. The summed E-state index contributed by atoms with van der Waals surface area (Å²) in [7, 11) is 1.75. The number of halogens is 1. The lowest BCUT2D eigenvalue weighted by atomic mass is 10.3. The highest BCUT2D eigenvalue weighted by atomic mass is 35.5. The molecule has 1 aromatic rings. The maximum absolute atomic E-state index is 12.4. The van der Waals surface area contributed by atoms with E-state index < -0.39 is 6.10 Å². The van der Waals surface area contributed by atoms with Crippen molar-refractivity contribution in [2.45, 2.75) is 19.4 Å². The Morgan fingerprint density at radius 1 is 1.29 bits per heavy atom. The molecule has 1 aliphatic heterocycles. The van der Waals surface area contributed by atoms with Gasteiger partial charge in [-0.05, 0) is 37.6 Å². The SMILES string of the molecule is C[C@@H](Oc1ccc(Cl)cc1)C(=O)N1CCCN(C)C(=O)C1. The Bertz CT molecular complexity index is 518. The average molecular weight is 311 g/mol. The van der Waals surface area contributed by atoms with Gasteiger partial charge in [0, 0.05) is 25.2 Å². The number of hydrogen-bond donors (Lipinski definition) is 0. The Morgan fingerprint density at radius 3 is 2.62 bits per heavy atom. The Hall–Kier alpha value is -1.75. The summed E-state index contributed by atoms with van der Waals surface area (Å²) in [6, 6.07) is 6.85. The Morgan fingerprint density at radius 2 is 1.95 bits per heavy atom. The van der Waals surface area contributed by atoms with Crippen LogP contribution in [-0.4, -0.2) is 54.4 Å². The molecule has 6 heteroatoms. The van der Waals surface area contributed by atoms with Crippen LogP contribution in [0.4, 0.5) is 0 Å². The van der Waals surface area contributed by atoms with E-state index in [0.717, 1.165) is 6.42 Å². The van der Waals surface area contributed by atoms with E-state index in [4.69, 9.17) is 16.3 Å². The molecule has 0 spiro atoms. The average Bonchev–Trinajstić information content (AvgIpc) is 2.63. The molecule has 21 heavy (non-hydrogen) atoms. The number of hydrogen-bond acceptors (Lipinski definition) is 3. The maximum atomic E-state index is 12.4. The van der Waals surface area contributed by atoms with Gasteiger partial charge < -0.3 is 14.5 Å². The second kappa shape index (κ2) is 6.80. The van der Waals surface area contributed by atoms with Crippen molar-refractivity contribution >= 4 is 23.4 Å². The van der Waals surface area contributed by atoms with Crippen LogP contribution in [0.15, 0.2) is 24.3 Å². The van der Waals surface area contributed by atoms with E-state index in [-0.39, 0.29) is 18.4 Å². The molecule has 2 amide bonds. The smallest absolute Gasteiger partial charge is 0.263 e. The summed E-state index contributed by atoms with van der Waals surface area (Å²) in [6.07, 6.45) is 0.143. The summed E-state index contributed by atoms with van der Waals surface area (Å²) in [5, 5.41) is 0.613. The van der Waals surface area contributed by atoms with Gasteiger partial charge in [0.2, 0.25) is 5.91 Å². The zero-order chi connectivity index (χ0) is 15.4. The van der Waals surface area contributed by atoms with E-state index in [1.165, 1.54) is 0 Å². The first kappa shape index (κ1) is 15.6. The van der Waals surface area contributed by atoms with Crippen LogP contribution in [0.5, 0.6) is 5.75 Å². The lowest BCUT2D eigenvalue weighted by Gasteiger charge is -2.24. The highest BCUT2D eigenvalue weighted by Gasteiger charge is 2.27. The summed E-state index contributed by atoms with van der Waals surface area (Å²) < 4.78 is 5.61. The van der Waals surface area contributed by atoms with Gasteiger partial charge in [0.15, 0.2) is 6.10 Å². The zero-order valence-corrected chi connectivity index (χ0v) is 13.0. The van der Waals surface area contributed by atoms with Gasteiger partial charge in [-0.25, -0.2) is 0 Å². The summed E-state index contributed by atoms with van der Waals surface area (Å²) in [6.45, 7) is 3.05. The highest BCUT2D eigenvalue weighted by Crippen LogP contribution is 2.17. The van der Waals surface area contributed by atoms with Crippen LogP contribution in [0.1, 0.15) is 13.3 Å². The summed E-state index contributed by atoms with van der Waals surface area (Å²) >= 11 is 5.81. The fourth-order valence-electron chi connectivity index (χ4n) is 2.20. The van der Waals surface area contributed by atoms with Gasteiger partial charge in [-0.3, -0.25) is 9.59 Å². The summed E-state index contributed by atoms with van der Waals surface area (Å²) in [5.74, 6) is 0.367. The number of nitrogens with zero attached hydrogens (tertiary/aromatic N) is 2. The molecule has 0 aliphatic carbocycles. The second-order valence-electron chi connectivity index (χ2n) is 5.14. The van der Waals surface area contributed by atoms with E-state index >= 15 is 0 Å². The van der Waals surface area contributed by atoms with E-state index in [1.54, 1.807) is 48.0 Å². The molecule has 1 heterocycles. The van der Waals surface area contributed by atoms with Gasteiger partial charge in [-0.2, -0.15) is 0 Å². The third-order valence-electron chi connectivity index (χ3n) is 3.46. The minimum atomic E-state index is -0.637. The molecule has 1 fully saturated rings. The molecule has 1 saturated heterocycles. The fraction of sp³-hybridized carbons (Fsp3) is 0.467. The molecule has 2 rings (SSSR count). The molecule has 5 nitrogen and oxygen atoms in total. The summed E-state index contributed by atoms with van der Waals surface area (Å²) in [4.78, 5) is 27.4. The monoisotopic (exact) mass is 310 g/mol. The Labute approximate surface area is 129 Å². The Kier molecular flexibility index (Phi) is 5.07. The van der Waals surface area contributed by atoms with Crippen molar-refractivity contribution in [3.63, 3.8) is 0 Å². The number of rotatable bonds is 3. The number of amides is 2. The first-order valence-electron chi connectivity index (χ1n) is 6.92. The second-order valence-corrected chi connectivity index (χ2v) is 5.58. The van der Waals surface area contributed by atoms with Crippen molar-refractivity contribution in [3.8, 4) is 5.75 Å². The molecule has 0 saturated carbocycles. The third kappa shape index (κ3) is 4.11. The van der Waals surface area contributed by atoms with Gasteiger partial charge in [-0.15, -0.1) is 0 Å². The number of benzene rings is 1. The van der Waals surface area contributed by atoms with Crippen molar-refractivity contribution in [2.24, 2.45) is 0 Å². The first-order valence-corrected chi connectivity index (χ1v) is 7.30. The minimum absolute atomic E-state index is 0.0421. The fourth-order valence-corrected chi connectivity index (χ4v) is 2.33. The predicted molar refractivity (Wildman–Crippen MR) is 80.4 cm³/mol. The van der Waals surface area contributed by atoms with Crippen molar-refractivity contribution < 1.29 is 14.3 Å². The van der Waals surface area contributed by atoms with Crippen LogP contribution >= 0.6 is 11.6 Å². The van der Waals surface area contributed by atoms with Crippen molar-refractivity contribution in [1.82, 2.24) is 9.80 Å². The molecule has 0 bridgehead atoms. The normalized spacial score (nSPS) is 17.4. The number of carbonyl (C=O) groups excluding carboxylic acids is 2. The number of ether oxygens (including phenoxy) is 1. The number of likely N-dealkylation sites (N-methyl/N-ethyl adjacent to an activating group) is 1. The maximum Gasteiger partial charge on any atom is 0.263 e. The molecule has 1 atom stereocenters. The van der Waals surface area contributed by atoms with Gasteiger partial charge in [0.05, 0.1) is 6.54 Å². The lowest BCUT2D eigenvalue weighted by Crippen LogP contribution is -2.44. The minimum Gasteiger partial charge on any atom is -0.481 e. The van der Waals surface area contributed by atoms with Crippen LogP contribution in [0.3, 0.4) is 0 Å². The molecular formula is C15H19ClN2O3. The van der Waals surface area contributed by atoms with E-state index in [2.05, 4.69) is 0 Å². The van der Waals surface area contributed by atoms with E-state index in [0.29, 0.717) is 23.9 Å². The molecule has 1 aliphatic rings. The molecule has 114 valence electrons. The van der Waals surface area contributed by atoms with E-state index in [1.807, 2.05) is 0 Å². The standard InChI is InChI=1S/C15H19ClN2O3/c1-11(21-13-6-4-12(16)5-7-13)15(20)18-9-3-8-17(2)14(19)10-18/h4-7,11H,3,8-10H2,1-2H3/t11-/m1/s1. The highest BCUT2D eigenvalue weighted by molar-refractivity contribution is 6.30. The van der Waals surface area contributed by atoms with Gasteiger partial charge in [0.1, 0.15) is 5.75 Å². The molecule has 0 aromatic heterocycles. The van der Waals surface area contributed by atoms with Gasteiger partial charge in [0.25, 0.3) is 5.91 Å². The van der Waals surface area contributed by atoms with E-state index in [9.17, 15) is 9.59 Å². The van der Waals surface area contributed by atoms with Crippen LogP contribution in [0.2, 0.25) is 5.02 Å². The first-order chi connectivity index (χ1) is 9.97. The van der Waals surface area contributed by atoms with Crippen molar-refractivity contribution in [1.29, 1.82) is 0 Å². The molecule has 0 N–H and O–H groups in total. The zero-order valence-electron chi connectivity index (χ0n) is 12.2. The van der Waals surface area contributed by atoms with Crippen LogP contribution in [0.25, 0.3) is 0 Å². The van der Waals surface area contributed by atoms with Crippen LogP contribution in [0, 0.1) is 0 Å². The molecule has 0 unspecified atom stereocenters. The molecule has 0 radical (unpaired) electrons.